The highest BCUT2D eigenvalue weighted by Crippen LogP contribution is 2.46. The van der Waals surface area contributed by atoms with E-state index in [1.165, 1.54) is 19.3 Å². The van der Waals surface area contributed by atoms with E-state index >= 15 is 0 Å². The van der Waals surface area contributed by atoms with Crippen molar-refractivity contribution in [3.63, 3.8) is 0 Å². The number of ether oxygens (including phenoxy) is 3. The molecular formula is C23H29N5O7. The Morgan fingerprint density at radius 1 is 1.29 bits per heavy atom. The molecule has 35 heavy (non-hydrogen) atoms. The molecule has 0 saturated carbocycles. The first-order valence-electron chi connectivity index (χ1n) is 11.3. The molecule has 0 bridgehead atoms. The number of hydrogen-bond acceptors (Lipinski definition) is 11. The molecule has 1 saturated heterocycles. The second-order valence-corrected chi connectivity index (χ2v) is 9.50. The minimum atomic E-state index is -1.75. The fourth-order valence-corrected chi connectivity index (χ4v) is 4.10. The van der Waals surface area contributed by atoms with Gasteiger partial charge in [-0.2, -0.15) is 4.98 Å². The zero-order valence-corrected chi connectivity index (χ0v) is 20.1. The Balaban J connectivity index is 1.79. The van der Waals surface area contributed by atoms with Crippen LogP contribution in [0.15, 0.2) is 22.1 Å². The molecule has 2 aliphatic heterocycles. The Hall–Kier alpha value is -3.51. The molecule has 2 aliphatic rings. The molecule has 188 valence electrons. The maximum atomic E-state index is 12.5. The van der Waals surface area contributed by atoms with Gasteiger partial charge in [-0.05, 0) is 6.92 Å². The summed E-state index contributed by atoms with van der Waals surface area (Å²) in [5.74, 6) is -1.22. The smallest absolute Gasteiger partial charge is 0.308 e. The number of anilines is 2. The number of nitrogens with zero attached hydrogens (tertiary/aromatic N) is 3. The Morgan fingerprint density at radius 3 is 2.63 bits per heavy atom. The van der Waals surface area contributed by atoms with Crippen molar-refractivity contribution in [2.75, 3.05) is 17.7 Å². The average molecular weight is 488 g/mol. The molecular weight excluding hydrogens is 458 g/mol. The number of nitrogens with two attached hydrogens (primary N) is 1. The first kappa shape index (κ1) is 24.6. The van der Waals surface area contributed by atoms with E-state index in [1.54, 1.807) is 38.5 Å². The van der Waals surface area contributed by atoms with E-state index in [0.717, 1.165) is 0 Å². The lowest BCUT2D eigenvalue weighted by atomic mass is 9.96. The quantitative estimate of drug-likeness (QED) is 0.508. The lowest BCUT2D eigenvalue weighted by molar-refractivity contribution is -0.169. The van der Waals surface area contributed by atoms with Crippen molar-refractivity contribution in [1.82, 2.24) is 9.55 Å². The van der Waals surface area contributed by atoms with Crippen molar-refractivity contribution in [3.8, 4) is 0 Å². The zero-order valence-electron chi connectivity index (χ0n) is 20.1. The molecule has 4 heterocycles. The molecule has 1 fully saturated rings. The van der Waals surface area contributed by atoms with Crippen LogP contribution in [0.3, 0.4) is 0 Å². The number of carbonyl (C=O) groups excluding carboxylic acids is 2. The molecule has 2 aromatic rings. The van der Waals surface area contributed by atoms with Gasteiger partial charge < -0.3 is 34.9 Å². The van der Waals surface area contributed by atoms with Gasteiger partial charge in [0.15, 0.2) is 12.3 Å². The fourth-order valence-electron chi connectivity index (χ4n) is 4.10. The second-order valence-electron chi connectivity index (χ2n) is 9.50. The predicted molar refractivity (Wildman–Crippen MR) is 127 cm³/mol. The van der Waals surface area contributed by atoms with Crippen molar-refractivity contribution in [3.05, 3.63) is 22.6 Å². The van der Waals surface area contributed by atoms with Gasteiger partial charge >= 0.3 is 11.9 Å². The highest BCUT2D eigenvalue weighted by Gasteiger charge is 2.57. The Morgan fingerprint density at radius 2 is 1.97 bits per heavy atom. The van der Waals surface area contributed by atoms with E-state index < -0.39 is 47.5 Å². The van der Waals surface area contributed by atoms with Crippen molar-refractivity contribution >= 4 is 46.4 Å². The van der Waals surface area contributed by atoms with Crippen LogP contribution in [0.2, 0.25) is 0 Å². The van der Waals surface area contributed by atoms with E-state index in [0.29, 0.717) is 16.6 Å². The number of aliphatic hydroxyl groups is 1. The second kappa shape index (κ2) is 8.93. The number of hydrogen-bond donors (Lipinski definition) is 3. The number of carbonyl (C=O) groups is 2. The molecule has 12 heteroatoms. The van der Waals surface area contributed by atoms with Gasteiger partial charge in [0.2, 0.25) is 0 Å². The monoisotopic (exact) mass is 487 g/mol. The number of rotatable bonds is 6. The number of esters is 2. The van der Waals surface area contributed by atoms with Crippen molar-refractivity contribution in [2.45, 2.75) is 58.7 Å². The molecule has 0 radical (unpaired) electrons. The third-order valence-corrected chi connectivity index (χ3v) is 5.99. The van der Waals surface area contributed by atoms with Gasteiger partial charge in [0.05, 0.1) is 23.6 Å². The molecule has 0 aromatic carbocycles. The van der Waals surface area contributed by atoms with E-state index in [2.05, 4.69) is 15.3 Å². The minimum Gasteiger partial charge on any atom is -0.463 e. The average Bonchev–Trinajstić information content (AvgIpc) is 3.23. The van der Waals surface area contributed by atoms with Crippen LogP contribution in [0, 0.1) is 11.8 Å². The maximum absolute atomic E-state index is 12.5. The van der Waals surface area contributed by atoms with Gasteiger partial charge in [-0.1, -0.05) is 27.7 Å². The van der Waals surface area contributed by atoms with Gasteiger partial charge in [-0.15, -0.1) is 0 Å². The third-order valence-electron chi connectivity index (χ3n) is 5.99. The van der Waals surface area contributed by atoms with Crippen LogP contribution >= 0.6 is 0 Å². The normalized spacial score (nSPS) is 25.2. The lowest BCUT2D eigenvalue weighted by Gasteiger charge is -2.31. The predicted octanol–water partition coefficient (Wildman–Crippen LogP) is 1.48. The van der Waals surface area contributed by atoms with Gasteiger partial charge in [0.25, 0.3) is 5.56 Å². The Labute approximate surface area is 201 Å². The molecule has 4 N–H and O–H groups in total. The molecule has 4 atom stereocenters. The highest BCUT2D eigenvalue weighted by atomic mass is 16.6. The topological polar surface area (TPSA) is 167 Å². The summed E-state index contributed by atoms with van der Waals surface area (Å²) in [6, 6.07) is 1.20. The highest BCUT2D eigenvalue weighted by molar-refractivity contribution is 6.10. The fraction of sp³-hybridized carbons (Fsp3) is 0.522. The summed E-state index contributed by atoms with van der Waals surface area (Å²) >= 11 is 0. The van der Waals surface area contributed by atoms with Crippen molar-refractivity contribution in [2.24, 2.45) is 16.8 Å². The van der Waals surface area contributed by atoms with E-state index in [4.69, 9.17) is 19.9 Å². The molecule has 0 spiro atoms. The maximum Gasteiger partial charge on any atom is 0.308 e. The minimum absolute atomic E-state index is 0.172. The molecule has 2 aromatic heterocycles. The largest absolute Gasteiger partial charge is 0.463 e. The van der Waals surface area contributed by atoms with Crippen LogP contribution in [0.4, 0.5) is 17.3 Å². The summed E-state index contributed by atoms with van der Waals surface area (Å²) in [4.78, 5) is 44.9. The third kappa shape index (κ3) is 4.34. The van der Waals surface area contributed by atoms with Gasteiger partial charge in [0, 0.05) is 23.3 Å². The summed E-state index contributed by atoms with van der Waals surface area (Å²) < 4.78 is 18.7. The van der Waals surface area contributed by atoms with Crippen LogP contribution in [0.5, 0.6) is 0 Å². The summed E-state index contributed by atoms with van der Waals surface area (Å²) in [6.45, 7) is 7.97. The number of nitrogen functional groups attached to an aromatic ring is 1. The van der Waals surface area contributed by atoms with Crippen LogP contribution in [-0.4, -0.2) is 57.4 Å². The molecule has 4 rings (SSSR count). The summed E-state index contributed by atoms with van der Waals surface area (Å²) in [7, 11) is 0. The van der Waals surface area contributed by atoms with Crippen LogP contribution in [0.1, 0.15) is 40.8 Å². The molecule has 0 aliphatic carbocycles. The van der Waals surface area contributed by atoms with Crippen LogP contribution < -0.4 is 16.6 Å². The summed E-state index contributed by atoms with van der Waals surface area (Å²) in [6.07, 6.45) is -0.249. The van der Waals surface area contributed by atoms with Crippen molar-refractivity contribution < 1.29 is 28.9 Å². The summed E-state index contributed by atoms with van der Waals surface area (Å²) in [5, 5.41) is 15.4. The van der Waals surface area contributed by atoms with E-state index in [-0.39, 0.29) is 24.0 Å². The van der Waals surface area contributed by atoms with Gasteiger partial charge in [-0.3, -0.25) is 14.4 Å². The van der Waals surface area contributed by atoms with Gasteiger partial charge in [-0.25, -0.2) is 4.99 Å². The number of nitrogens with one attached hydrogen (secondary N) is 1. The standard InChI is InChI=1S/C23H29N5O7/c1-10(2)20(30)33-8-14-17(35-21(31)11(3)4)23(5,32)22(34-14)28-7-12-13(24)6-15(29)27-18-16(12)19(28)26-9-25-18/h6-7,9-11,14,17,22,32H,8,24H2,1-5H3,(H,25,26,27,29)/t14-,17-,22-,23-/m1/s1. The molecule has 0 unspecified atom stereocenters. The number of aromatic nitrogens is 2. The first-order valence-corrected chi connectivity index (χ1v) is 11.3. The summed E-state index contributed by atoms with van der Waals surface area (Å²) in [5.41, 5.74) is 4.03. The zero-order chi connectivity index (χ0) is 25.7. The first-order chi connectivity index (χ1) is 16.4. The lowest BCUT2D eigenvalue weighted by Crippen LogP contribution is -2.48. The molecule has 0 amide bonds. The Kier molecular flexibility index (Phi) is 6.28. The van der Waals surface area contributed by atoms with Crippen LogP contribution in [0.25, 0.3) is 10.8 Å². The van der Waals surface area contributed by atoms with E-state index in [1.807, 2.05) is 0 Å². The van der Waals surface area contributed by atoms with E-state index in [9.17, 15) is 19.5 Å². The SMILES string of the molecule is CC(C)C(=O)OC[C@H]1O[C@@H](n2cc3c(N)cc(=O)nc4c3c2N=CN4)[C@](C)(O)[C@@H]1OC(=O)C(C)C. The van der Waals surface area contributed by atoms with Crippen LogP contribution in [-0.2, 0) is 23.8 Å². The van der Waals surface area contributed by atoms with Crippen molar-refractivity contribution in [1.29, 1.82) is 0 Å². The molecule has 12 nitrogen and oxygen atoms in total. The Bertz CT molecular complexity index is 1270. The van der Waals surface area contributed by atoms with Gasteiger partial charge in [0.1, 0.15) is 29.9 Å². The number of aliphatic imine (C=N–C) groups is 1.